The maximum Gasteiger partial charge on any atom is 0.211 e. The average molecular weight is 451 g/mol. The van der Waals surface area contributed by atoms with Crippen LogP contribution in [0, 0.1) is 5.82 Å². The Kier molecular flexibility index (Phi) is 6.53. The Morgan fingerprint density at radius 2 is 1.70 bits per heavy atom. The first kappa shape index (κ1) is 22.3. The molecule has 0 radical (unpaired) electrons. The number of aromatic nitrogens is 1. The zero-order valence-electron chi connectivity index (χ0n) is 17.2. The lowest BCUT2D eigenvalue weighted by Crippen LogP contribution is -2.24. The maximum absolute atomic E-state index is 14.9. The van der Waals surface area contributed by atoms with Crippen molar-refractivity contribution in [3.63, 3.8) is 0 Å². The monoisotopic (exact) mass is 450 g/mol. The van der Waals surface area contributed by atoms with Gasteiger partial charge >= 0.3 is 0 Å². The molecule has 0 aliphatic rings. The van der Waals surface area contributed by atoms with Crippen molar-refractivity contribution in [1.29, 1.82) is 0 Å². The van der Waals surface area contributed by atoms with Crippen molar-refractivity contribution < 1.29 is 12.8 Å². The van der Waals surface area contributed by atoms with Gasteiger partial charge in [-0.25, -0.2) is 12.8 Å². The SMILES string of the molecule is CCCn1cc(S(=O)(=O)c2ccc(Cl)cc2)c(=O)c2cc(F)c(N(CC)CC)cc21. The molecule has 0 aliphatic carbocycles. The van der Waals surface area contributed by atoms with E-state index >= 15 is 0 Å². The normalized spacial score (nSPS) is 11.8. The molecule has 0 bridgehead atoms. The molecule has 3 rings (SSSR count). The summed E-state index contributed by atoms with van der Waals surface area (Å²) in [5.74, 6) is -0.549. The van der Waals surface area contributed by atoms with E-state index in [-0.39, 0.29) is 15.2 Å². The predicted molar refractivity (Wildman–Crippen MR) is 119 cm³/mol. The Bertz CT molecular complexity index is 1230. The third-order valence-electron chi connectivity index (χ3n) is 5.10. The fourth-order valence-corrected chi connectivity index (χ4v) is 5.03. The second-order valence-electron chi connectivity index (χ2n) is 6.97. The molecular weight excluding hydrogens is 427 g/mol. The van der Waals surface area contributed by atoms with Crippen molar-refractivity contribution in [3.05, 3.63) is 63.7 Å². The molecule has 1 heterocycles. The van der Waals surface area contributed by atoms with Gasteiger partial charge in [-0.05, 0) is 56.7 Å². The highest BCUT2D eigenvalue weighted by Gasteiger charge is 2.25. The number of benzene rings is 2. The van der Waals surface area contributed by atoms with Crippen LogP contribution in [0.2, 0.25) is 5.02 Å². The molecule has 0 saturated carbocycles. The van der Waals surface area contributed by atoms with Gasteiger partial charge in [0.1, 0.15) is 10.7 Å². The van der Waals surface area contributed by atoms with Crippen LogP contribution in [0.4, 0.5) is 10.1 Å². The molecule has 0 atom stereocenters. The van der Waals surface area contributed by atoms with Crippen LogP contribution in [-0.4, -0.2) is 26.1 Å². The average Bonchev–Trinajstić information content (AvgIpc) is 2.72. The number of rotatable bonds is 7. The Balaban J connectivity index is 2.33. The fourth-order valence-electron chi connectivity index (χ4n) is 3.54. The van der Waals surface area contributed by atoms with Gasteiger partial charge in [0.05, 0.1) is 21.5 Å². The number of sulfone groups is 1. The van der Waals surface area contributed by atoms with Crippen LogP contribution in [0.1, 0.15) is 27.2 Å². The van der Waals surface area contributed by atoms with Crippen molar-refractivity contribution in [2.45, 2.75) is 43.5 Å². The largest absolute Gasteiger partial charge is 0.370 e. The van der Waals surface area contributed by atoms with Gasteiger partial charge in [0.2, 0.25) is 15.3 Å². The molecule has 0 N–H and O–H groups in total. The van der Waals surface area contributed by atoms with Gasteiger partial charge < -0.3 is 9.47 Å². The summed E-state index contributed by atoms with van der Waals surface area (Å²) in [4.78, 5) is 14.6. The van der Waals surface area contributed by atoms with Crippen LogP contribution in [0.5, 0.6) is 0 Å². The summed E-state index contributed by atoms with van der Waals surface area (Å²) in [6, 6.07) is 8.41. The van der Waals surface area contributed by atoms with E-state index in [1.165, 1.54) is 30.5 Å². The van der Waals surface area contributed by atoms with Crippen LogP contribution in [0.25, 0.3) is 10.9 Å². The van der Waals surface area contributed by atoms with Crippen LogP contribution in [0.3, 0.4) is 0 Å². The molecule has 8 heteroatoms. The number of anilines is 1. The standard InChI is InChI=1S/C22H24ClFN2O3S/c1-4-11-26-14-21(30(28,29)16-9-7-15(23)8-10-16)22(27)17-12-18(24)20(13-19(17)26)25(5-2)6-3/h7-10,12-14H,4-6,11H2,1-3H3. The molecule has 0 amide bonds. The van der Waals surface area contributed by atoms with Gasteiger partial charge in [0.25, 0.3) is 0 Å². The number of halogens is 2. The fraction of sp³-hybridized carbons (Fsp3) is 0.318. The van der Waals surface area contributed by atoms with Crippen molar-refractivity contribution in [3.8, 4) is 0 Å². The van der Waals surface area contributed by atoms with Crippen molar-refractivity contribution in [2.24, 2.45) is 0 Å². The molecule has 0 spiro atoms. The highest BCUT2D eigenvalue weighted by atomic mass is 35.5. The molecule has 1 aromatic heterocycles. The van der Waals surface area contributed by atoms with E-state index in [0.717, 1.165) is 12.5 Å². The van der Waals surface area contributed by atoms with Gasteiger partial charge in [-0.15, -0.1) is 0 Å². The van der Waals surface area contributed by atoms with Crippen LogP contribution >= 0.6 is 11.6 Å². The van der Waals surface area contributed by atoms with Gasteiger partial charge in [-0.3, -0.25) is 4.79 Å². The zero-order chi connectivity index (χ0) is 22.1. The number of hydrogen-bond acceptors (Lipinski definition) is 4. The van der Waals surface area contributed by atoms with Crippen LogP contribution < -0.4 is 10.3 Å². The molecule has 0 saturated heterocycles. The Labute approximate surface area is 180 Å². The third kappa shape index (κ3) is 3.96. The number of nitrogens with zero attached hydrogens (tertiary/aromatic N) is 2. The van der Waals surface area contributed by atoms with E-state index < -0.39 is 21.1 Å². The smallest absolute Gasteiger partial charge is 0.211 e. The van der Waals surface area contributed by atoms with Crippen molar-refractivity contribution in [2.75, 3.05) is 18.0 Å². The first-order chi connectivity index (χ1) is 14.2. The Hall–Kier alpha value is -2.38. The first-order valence-electron chi connectivity index (χ1n) is 9.86. The first-order valence-corrected chi connectivity index (χ1v) is 11.7. The highest BCUT2D eigenvalue weighted by molar-refractivity contribution is 7.91. The topological polar surface area (TPSA) is 59.4 Å². The number of aryl methyl sites for hydroxylation is 1. The second-order valence-corrected chi connectivity index (χ2v) is 9.32. The van der Waals surface area contributed by atoms with E-state index in [9.17, 15) is 17.6 Å². The van der Waals surface area contributed by atoms with Crippen LogP contribution in [0.15, 0.2) is 57.2 Å². The van der Waals surface area contributed by atoms with E-state index in [0.29, 0.717) is 35.9 Å². The molecular formula is C22H24ClFN2O3S. The van der Waals surface area contributed by atoms with Crippen molar-refractivity contribution >= 4 is 38.0 Å². The molecule has 30 heavy (non-hydrogen) atoms. The molecule has 0 aliphatic heterocycles. The predicted octanol–water partition coefficient (Wildman–Crippen LogP) is 4.88. The summed E-state index contributed by atoms with van der Waals surface area (Å²) in [6.45, 7) is 7.51. The van der Waals surface area contributed by atoms with Gasteiger partial charge in [0, 0.05) is 30.9 Å². The summed E-state index contributed by atoms with van der Waals surface area (Å²) in [6.07, 6.45) is 2.08. The summed E-state index contributed by atoms with van der Waals surface area (Å²) in [5.41, 5.74) is 0.197. The number of fused-ring (bicyclic) bond motifs is 1. The van der Waals surface area contributed by atoms with E-state index in [1.807, 2.05) is 25.7 Å². The minimum Gasteiger partial charge on any atom is -0.370 e. The summed E-state index contributed by atoms with van der Waals surface area (Å²) in [5, 5.41) is 0.439. The Morgan fingerprint density at radius 1 is 1.07 bits per heavy atom. The minimum absolute atomic E-state index is 0.0355. The summed E-state index contributed by atoms with van der Waals surface area (Å²) >= 11 is 5.86. The number of pyridine rings is 1. The molecule has 3 aromatic rings. The highest BCUT2D eigenvalue weighted by Crippen LogP contribution is 2.28. The zero-order valence-corrected chi connectivity index (χ0v) is 18.7. The lowest BCUT2D eigenvalue weighted by Gasteiger charge is -2.23. The van der Waals surface area contributed by atoms with E-state index in [4.69, 9.17) is 11.6 Å². The quantitative estimate of drug-likeness (QED) is 0.514. The van der Waals surface area contributed by atoms with E-state index in [2.05, 4.69) is 0 Å². The van der Waals surface area contributed by atoms with Gasteiger partial charge in [-0.1, -0.05) is 18.5 Å². The second kappa shape index (κ2) is 8.78. The Morgan fingerprint density at radius 3 is 2.27 bits per heavy atom. The molecule has 5 nitrogen and oxygen atoms in total. The summed E-state index contributed by atoms with van der Waals surface area (Å²) in [7, 11) is -4.09. The van der Waals surface area contributed by atoms with Crippen LogP contribution in [-0.2, 0) is 16.4 Å². The van der Waals surface area contributed by atoms with Crippen molar-refractivity contribution in [1.82, 2.24) is 4.57 Å². The third-order valence-corrected chi connectivity index (χ3v) is 7.11. The molecule has 0 unspecified atom stereocenters. The lowest BCUT2D eigenvalue weighted by atomic mass is 10.1. The van der Waals surface area contributed by atoms with E-state index in [1.54, 1.807) is 10.6 Å². The van der Waals surface area contributed by atoms with Gasteiger partial charge in [-0.2, -0.15) is 0 Å². The number of hydrogen-bond donors (Lipinski definition) is 0. The molecule has 0 fully saturated rings. The molecule has 160 valence electrons. The molecule has 2 aromatic carbocycles. The lowest BCUT2D eigenvalue weighted by molar-refractivity contribution is 0.592. The van der Waals surface area contributed by atoms with Gasteiger partial charge in [0.15, 0.2) is 0 Å². The summed E-state index contributed by atoms with van der Waals surface area (Å²) < 4.78 is 42.9. The minimum atomic E-state index is -4.09. The maximum atomic E-state index is 14.9.